The molecule has 2 atom stereocenters. The number of nitrogens with zero attached hydrogens (tertiary/aromatic N) is 2. The van der Waals surface area contributed by atoms with Crippen LogP contribution >= 0.6 is 11.3 Å². The number of aliphatic hydroxyl groups excluding tert-OH is 1. The van der Waals surface area contributed by atoms with Crippen LogP contribution in [0.4, 0.5) is 4.79 Å². The summed E-state index contributed by atoms with van der Waals surface area (Å²) < 4.78 is 0. The molecule has 26 heavy (non-hydrogen) atoms. The highest BCUT2D eigenvalue weighted by atomic mass is 32.1. The molecule has 3 rings (SSSR count). The van der Waals surface area contributed by atoms with E-state index in [0.29, 0.717) is 5.56 Å². The average Bonchev–Trinajstić information content (AvgIpc) is 3.19. The Labute approximate surface area is 153 Å². The molecule has 1 saturated heterocycles. The van der Waals surface area contributed by atoms with Crippen LogP contribution in [0.25, 0.3) is 10.4 Å². The van der Waals surface area contributed by atoms with Crippen LogP contribution in [0.3, 0.4) is 0 Å². The molecular formula is C17H19N3O5S. The minimum atomic E-state index is -1.24. The van der Waals surface area contributed by atoms with Crippen LogP contribution in [0.5, 0.6) is 5.75 Å². The largest absolute Gasteiger partial charge is 0.508 e. The first-order chi connectivity index (χ1) is 12.4. The number of nitrogens with one attached hydrogen (secondary N) is 1. The molecule has 4 N–H and O–H groups in total. The van der Waals surface area contributed by atoms with Crippen molar-refractivity contribution in [2.24, 2.45) is 0 Å². The summed E-state index contributed by atoms with van der Waals surface area (Å²) in [6.45, 7) is 1.87. The summed E-state index contributed by atoms with van der Waals surface area (Å²) in [4.78, 5) is 29.5. The molecular weight excluding hydrogens is 358 g/mol. The summed E-state index contributed by atoms with van der Waals surface area (Å²) in [5, 5.41) is 31.6. The highest BCUT2D eigenvalue weighted by Crippen LogP contribution is 2.31. The van der Waals surface area contributed by atoms with Crippen molar-refractivity contribution in [1.29, 1.82) is 0 Å². The number of phenolic OH excluding ortho intramolecular Hbond substituents is 1. The van der Waals surface area contributed by atoms with Crippen molar-refractivity contribution in [3.05, 3.63) is 35.0 Å². The van der Waals surface area contributed by atoms with Crippen LogP contribution in [-0.2, 0) is 11.3 Å². The molecule has 2 aromatic rings. The number of rotatable bonds is 4. The number of aryl methyl sites for hydroxylation is 1. The van der Waals surface area contributed by atoms with Crippen molar-refractivity contribution >= 4 is 23.3 Å². The van der Waals surface area contributed by atoms with E-state index in [1.165, 1.54) is 11.3 Å². The molecule has 0 aliphatic carbocycles. The smallest absolute Gasteiger partial charge is 0.408 e. The van der Waals surface area contributed by atoms with E-state index < -0.39 is 24.1 Å². The summed E-state index contributed by atoms with van der Waals surface area (Å²) in [7, 11) is 0. The number of thiazole rings is 1. The highest BCUT2D eigenvalue weighted by Gasteiger charge is 2.38. The Bertz CT molecular complexity index is 838. The number of likely N-dealkylation sites (tertiary alicyclic amines) is 1. The highest BCUT2D eigenvalue weighted by molar-refractivity contribution is 7.13. The van der Waals surface area contributed by atoms with Gasteiger partial charge in [0.1, 0.15) is 11.8 Å². The van der Waals surface area contributed by atoms with Gasteiger partial charge in [0, 0.05) is 18.5 Å². The number of aliphatic hydroxyl groups is 1. The standard InChI is InChI=1S/C17H19N3O5S/c1-9-15(26-8-19-9)10-2-3-11(14(22)4-10)6-18-16(23)13-5-12(21)7-20(13)17(24)25/h2-4,8,12-13,21-22H,5-7H2,1H3,(H,18,23)(H,24,25)/t12-,13+/m1/s1. The van der Waals surface area contributed by atoms with Crippen molar-refractivity contribution in [2.75, 3.05) is 6.54 Å². The fourth-order valence-corrected chi connectivity index (χ4v) is 3.81. The summed E-state index contributed by atoms with van der Waals surface area (Å²) in [6, 6.07) is 4.24. The number of benzene rings is 1. The Morgan fingerprint density at radius 3 is 2.81 bits per heavy atom. The average molecular weight is 377 g/mol. The molecule has 0 radical (unpaired) electrons. The Morgan fingerprint density at radius 2 is 2.19 bits per heavy atom. The fourth-order valence-electron chi connectivity index (χ4n) is 3.01. The molecule has 8 nitrogen and oxygen atoms in total. The third-order valence-corrected chi connectivity index (χ3v) is 5.35. The topological polar surface area (TPSA) is 123 Å². The van der Waals surface area contributed by atoms with E-state index in [1.54, 1.807) is 17.6 Å². The van der Waals surface area contributed by atoms with E-state index in [-0.39, 0.29) is 25.3 Å². The van der Waals surface area contributed by atoms with Gasteiger partial charge in [-0.05, 0) is 18.6 Å². The molecule has 0 saturated carbocycles. The number of phenols is 1. The third kappa shape index (κ3) is 3.63. The normalized spacial score (nSPS) is 19.5. The molecule has 0 unspecified atom stereocenters. The van der Waals surface area contributed by atoms with Gasteiger partial charge in [0.05, 0.1) is 28.7 Å². The van der Waals surface area contributed by atoms with Gasteiger partial charge in [-0.3, -0.25) is 9.69 Å². The minimum Gasteiger partial charge on any atom is -0.508 e. The summed E-state index contributed by atoms with van der Waals surface area (Å²) in [5.41, 5.74) is 3.97. The predicted molar refractivity (Wildman–Crippen MR) is 94.9 cm³/mol. The maximum Gasteiger partial charge on any atom is 0.408 e. The zero-order valence-electron chi connectivity index (χ0n) is 14.0. The molecule has 1 aromatic heterocycles. The zero-order valence-corrected chi connectivity index (χ0v) is 14.9. The van der Waals surface area contributed by atoms with Gasteiger partial charge in [0.2, 0.25) is 5.91 Å². The lowest BCUT2D eigenvalue weighted by molar-refractivity contribution is -0.125. The molecule has 138 valence electrons. The van der Waals surface area contributed by atoms with E-state index in [4.69, 9.17) is 5.11 Å². The molecule has 9 heteroatoms. The number of aromatic nitrogens is 1. The fraction of sp³-hybridized carbons (Fsp3) is 0.353. The van der Waals surface area contributed by atoms with Gasteiger partial charge < -0.3 is 20.6 Å². The number of amides is 2. The first-order valence-corrected chi connectivity index (χ1v) is 8.92. The number of hydrogen-bond acceptors (Lipinski definition) is 6. The Kier molecular flexibility index (Phi) is 5.10. The lowest BCUT2D eigenvalue weighted by Gasteiger charge is -2.20. The van der Waals surface area contributed by atoms with E-state index in [1.807, 2.05) is 13.0 Å². The van der Waals surface area contributed by atoms with Gasteiger partial charge in [-0.25, -0.2) is 9.78 Å². The lowest BCUT2D eigenvalue weighted by Crippen LogP contribution is -2.45. The second-order valence-corrected chi connectivity index (χ2v) is 7.02. The van der Waals surface area contributed by atoms with Crippen LogP contribution in [0, 0.1) is 6.92 Å². The number of carbonyl (C=O) groups is 2. The molecule has 2 amide bonds. The second-order valence-electron chi connectivity index (χ2n) is 6.17. The predicted octanol–water partition coefficient (Wildman–Crippen LogP) is 1.55. The quantitative estimate of drug-likeness (QED) is 0.641. The summed E-state index contributed by atoms with van der Waals surface area (Å²) in [6.07, 6.45) is -2.03. The molecule has 1 aliphatic rings. The Balaban J connectivity index is 1.67. The minimum absolute atomic E-state index is 0.0390. The molecule has 1 fully saturated rings. The molecule has 1 aromatic carbocycles. The van der Waals surface area contributed by atoms with E-state index in [9.17, 15) is 19.8 Å². The number of aromatic hydroxyl groups is 1. The van der Waals surface area contributed by atoms with E-state index in [0.717, 1.165) is 21.0 Å². The first kappa shape index (κ1) is 18.2. The Hall–Kier alpha value is -2.65. The van der Waals surface area contributed by atoms with Crippen molar-refractivity contribution in [1.82, 2.24) is 15.2 Å². The van der Waals surface area contributed by atoms with Crippen LogP contribution in [0.1, 0.15) is 17.7 Å². The molecule has 0 spiro atoms. The number of carbonyl (C=O) groups excluding carboxylic acids is 1. The Morgan fingerprint density at radius 1 is 1.42 bits per heavy atom. The van der Waals surface area contributed by atoms with Crippen LogP contribution in [0.2, 0.25) is 0 Å². The van der Waals surface area contributed by atoms with Crippen molar-refractivity contribution in [3.63, 3.8) is 0 Å². The van der Waals surface area contributed by atoms with Gasteiger partial charge in [-0.2, -0.15) is 0 Å². The number of carboxylic acid groups (broad SMARTS) is 1. The van der Waals surface area contributed by atoms with Crippen LogP contribution < -0.4 is 5.32 Å². The van der Waals surface area contributed by atoms with Gasteiger partial charge in [0.25, 0.3) is 0 Å². The first-order valence-electron chi connectivity index (χ1n) is 8.04. The SMILES string of the molecule is Cc1ncsc1-c1ccc(CNC(=O)[C@@H]2C[C@@H](O)CN2C(=O)O)c(O)c1. The van der Waals surface area contributed by atoms with Crippen LogP contribution in [-0.4, -0.2) is 55.9 Å². The monoisotopic (exact) mass is 377 g/mol. The summed E-state index contributed by atoms with van der Waals surface area (Å²) in [5.74, 6) is -0.456. The molecule has 1 aliphatic heterocycles. The maximum atomic E-state index is 12.3. The van der Waals surface area contributed by atoms with E-state index in [2.05, 4.69) is 10.3 Å². The molecule has 2 heterocycles. The zero-order chi connectivity index (χ0) is 18.8. The van der Waals surface area contributed by atoms with E-state index >= 15 is 0 Å². The maximum absolute atomic E-state index is 12.3. The van der Waals surface area contributed by atoms with Crippen molar-refractivity contribution < 1.29 is 24.9 Å². The van der Waals surface area contributed by atoms with Crippen molar-refractivity contribution in [2.45, 2.75) is 32.0 Å². The van der Waals surface area contributed by atoms with Crippen LogP contribution in [0.15, 0.2) is 23.7 Å². The summed E-state index contributed by atoms with van der Waals surface area (Å²) >= 11 is 1.48. The second kappa shape index (κ2) is 7.30. The van der Waals surface area contributed by atoms with Gasteiger partial charge in [0.15, 0.2) is 0 Å². The van der Waals surface area contributed by atoms with Gasteiger partial charge >= 0.3 is 6.09 Å². The molecule has 0 bridgehead atoms. The van der Waals surface area contributed by atoms with Gasteiger partial charge in [-0.15, -0.1) is 11.3 Å². The van der Waals surface area contributed by atoms with Gasteiger partial charge in [-0.1, -0.05) is 12.1 Å². The third-order valence-electron chi connectivity index (χ3n) is 4.37. The van der Waals surface area contributed by atoms with Crippen molar-refractivity contribution in [3.8, 4) is 16.2 Å². The number of β-amino-alcohol motifs (C(OH)–C–C–N with tert-alkyl or cyclic N) is 1. The lowest BCUT2D eigenvalue weighted by atomic mass is 10.1. The number of hydrogen-bond donors (Lipinski definition) is 4.